The predicted octanol–water partition coefficient (Wildman–Crippen LogP) is 4.43. The van der Waals surface area contributed by atoms with Gasteiger partial charge in [0.1, 0.15) is 0 Å². The van der Waals surface area contributed by atoms with Gasteiger partial charge < -0.3 is 0 Å². The van der Waals surface area contributed by atoms with E-state index in [9.17, 15) is 0 Å². The third kappa shape index (κ3) is 3.33. The Morgan fingerprint density at radius 3 is 2.06 bits per heavy atom. The number of aryl methyl sites for hydroxylation is 1. The number of pyridine rings is 1. The van der Waals surface area contributed by atoms with Gasteiger partial charge in [-0.25, -0.2) is 0 Å². The maximum Gasteiger partial charge on any atom is 0.0439 e. The number of hydrogen-bond donors (Lipinski definition) is 0. The zero-order valence-corrected chi connectivity index (χ0v) is 11.3. The van der Waals surface area contributed by atoms with Crippen molar-refractivity contribution in [3.8, 4) is 0 Å². The second-order valence-electron chi connectivity index (χ2n) is 5.36. The Kier molecular flexibility index (Phi) is 4.98. The average Bonchev–Trinajstić information content (AvgIpc) is 2.20. The minimum absolute atomic E-state index is 0.579. The summed E-state index contributed by atoms with van der Waals surface area (Å²) in [5, 5.41) is 0. The minimum atomic E-state index is 0.579. The van der Waals surface area contributed by atoms with Crippen LogP contribution in [0.3, 0.4) is 0 Å². The Hall–Kier alpha value is -0.850. The van der Waals surface area contributed by atoms with Gasteiger partial charge in [-0.05, 0) is 29.9 Å². The van der Waals surface area contributed by atoms with Gasteiger partial charge in [0, 0.05) is 17.8 Å². The molecule has 1 aromatic heterocycles. The van der Waals surface area contributed by atoms with E-state index >= 15 is 0 Å². The standard InChI is InChI=1S/C15H25N/c1-6-7-13-8-9-14(16-10-13)15(11(2)3)12(4)5/h8-12,15H,6-7H2,1-5H3. The van der Waals surface area contributed by atoms with Crippen LogP contribution in [0.15, 0.2) is 18.3 Å². The van der Waals surface area contributed by atoms with Crippen LogP contribution in [0.2, 0.25) is 0 Å². The molecule has 0 unspecified atom stereocenters. The molecule has 1 nitrogen and oxygen atoms in total. The van der Waals surface area contributed by atoms with E-state index in [1.54, 1.807) is 0 Å². The molecule has 0 aromatic carbocycles. The second-order valence-corrected chi connectivity index (χ2v) is 5.36. The maximum absolute atomic E-state index is 4.64. The van der Waals surface area contributed by atoms with Crippen molar-refractivity contribution in [2.75, 3.05) is 0 Å². The van der Waals surface area contributed by atoms with Gasteiger partial charge in [0.05, 0.1) is 0 Å². The van der Waals surface area contributed by atoms with Crippen LogP contribution >= 0.6 is 0 Å². The fourth-order valence-electron chi connectivity index (χ4n) is 2.52. The van der Waals surface area contributed by atoms with Crippen molar-refractivity contribution in [3.63, 3.8) is 0 Å². The molecule has 16 heavy (non-hydrogen) atoms. The predicted molar refractivity (Wildman–Crippen MR) is 70.6 cm³/mol. The largest absolute Gasteiger partial charge is 0.261 e. The number of aromatic nitrogens is 1. The molecule has 0 aliphatic heterocycles. The summed E-state index contributed by atoms with van der Waals surface area (Å²) >= 11 is 0. The summed E-state index contributed by atoms with van der Waals surface area (Å²) in [5.41, 5.74) is 2.61. The summed E-state index contributed by atoms with van der Waals surface area (Å²) in [4.78, 5) is 4.64. The summed E-state index contributed by atoms with van der Waals surface area (Å²) < 4.78 is 0. The first kappa shape index (κ1) is 13.2. The monoisotopic (exact) mass is 219 g/mol. The first-order valence-electron chi connectivity index (χ1n) is 6.51. The Morgan fingerprint density at radius 1 is 1.06 bits per heavy atom. The van der Waals surface area contributed by atoms with E-state index in [-0.39, 0.29) is 0 Å². The first-order chi connectivity index (χ1) is 7.56. The number of nitrogens with zero attached hydrogens (tertiary/aromatic N) is 1. The summed E-state index contributed by atoms with van der Waals surface area (Å²) in [5.74, 6) is 1.89. The third-order valence-electron chi connectivity index (χ3n) is 3.16. The summed E-state index contributed by atoms with van der Waals surface area (Å²) in [6.07, 6.45) is 4.39. The van der Waals surface area contributed by atoms with Gasteiger partial charge in [-0.15, -0.1) is 0 Å². The van der Waals surface area contributed by atoms with Crippen LogP contribution in [0, 0.1) is 11.8 Å². The van der Waals surface area contributed by atoms with E-state index in [0.717, 1.165) is 6.42 Å². The Morgan fingerprint density at radius 2 is 1.69 bits per heavy atom. The van der Waals surface area contributed by atoms with Crippen molar-refractivity contribution >= 4 is 0 Å². The molecule has 0 saturated heterocycles. The second kappa shape index (κ2) is 6.03. The molecule has 1 rings (SSSR count). The van der Waals surface area contributed by atoms with E-state index < -0.39 is 0 Å². The highest BCUT2D eigenvalue weighted by atomic mass is 14.7. The quantitative estimate of drug-likeness (QED) is 0.714. The van der Waals surface area contributed by atoms with E-state index in [4.69, 9.17) is 0 Å². The van der Waals surface area contributed by atoms with E-state index in [0.29, 0.717) is 17.8 Å². The highest BCUT2D eigenvalue weighted by molar-refractivity contribution is 5.18. The van der Waals surface area contributed by atoms with Crippen LogP contribution in [-0.2, 0) is 6.42 Å². The van der Waals surface area contributed by atoms with Crippen LogP contribution in [0.4, 0.5) is 0 Å². The van der Waals surface area contributed by atoms with Crippen molar-refractivity contribution in [2.24, 2.45) is 11.8 Å². The molecule has 0 N–H and O–H groups in total. The van der Waals surface area contributed by atoms with Gasteiger partial charge in [-0.1, -0.05) is 47.1 Å². The van der Waals surface area contributed by atoms with Crippen molar-refractivity contribution in [2.45, 2.75) is 53.4 Å². The highest BCUT2D eigenvalue weighted by Gasteiger charge is 2.20. The SMILES string of the molecule is CCCc1ccc(C(C(C)C)C(C)C)nc1. The van der Waals surface area contributed by atoms with Crippen molar-refractivity contribution in [1.82, 2.24) is 4.98 Å². The van der Waals surface area contributed by atoms with Crippen molar-refractivity contribution in [3.05, 3.63) is 29.6 Å². The summed E-state index contributed by atoms with van der Waals surface area (Å²) in [6, 6.07) is 4.46. The fourth-order valence-corrected chi connectivity index (χ4v) is 2.52. The van der Waals surface area contributed by atoms with E-state index in [1.807, 2.05) is 0 Å². The average molecular weight is 219 g/mol. The topological polar surface area (TPSA) is 12.9 Å². The van der Waals surface area contributed by atoms with E-state index in [2.05, 4.69) is 57.9 Å². The third-order valence-corrected chi connectivity index (χ3v) is 3.16. The molecule has 0 bridgehead atoms. The molecular formula is C15H25N. The molecule has 0 aliphatic rings. The lowest BCUT2D eigenvalue weighted by molar-refractivity contribution is 0.380. The lowest BCUT2D eigenvalue weighted by Crippen LogP contribution is -2.14. The zero-order valence-electron chi connectivity index (χ0n) is 11.3. The van der Waals surface area contributed by atoms with Gasteiger partial charge in [-0.3, -0.25) is 4.98 Å². The Labute approximate surface area is 100 Å². The number of rotatable bonds is 5. The van der Waals surface area contributed by atoms with Crippen LogP contribution in [0.1, 0.15) is 58.2 Å². The molecule has 0 radical (unpaired) electrons. The molecule has 0 aliphatic carbocycles. The molecule has 0 fully saturated rings. The smallest absolute Gasteiger partial charge is 0.0439 e. The van der Waals surface area contributed by atoms with Crippen LogP contribution in [0.25, 0.3) is 0 Å². The van der Waals surface area contributed by atoms with Crippen LogP contribution in [-0.4, -0.2) is 4.98 Å². The summed E-state index contributed by atoms with van der Waals surface area (Å²) in [6.45, 7) is 11.3. The van der Waals surface area contributed by atoms with Gasteiger partial charge in [-0.2, -0.15) is 0 Å². The maximum atomic E-state index is 4.64. The molecule has 0 spiro atoms. The summed E-state index contributed by atoms with van der Waals surface area (Å²) in [7, 11) is 0. The lowest BCUT2D eigenvalue weighted by Gasteiger charge is -2.24. The van der Waals surface area contributed by atoms with Gasteiger partial charge in [0.15, 0.2) is 0 Å². The molecule has 1 heterocycles. The molecule has 0 amide bonds. The first-order valence-corrected chi connectivity index (χ1v) is 6.51. The molecule has 1 heteroatoms. The van der Waals surface area contributed by atoms with Crippen LogP contribution < -0.4 is 0 Å². The Balaban J connectivity index is 2.85. The molecule has 1 aromatic rings. The normalized spacial score (nSPS) is 11.8. The number of hydrogen-bond acceptors (Lipinski definition) is 1. The Bertz CT molecular complexity index is 290. The minimum Gasteiger partial charge on any atom is -0.261 e. The van der Waals surface area contributed by atoms with Gasteiger partial charge >= 0.3 is 0 Å². The van der Waals surface area contributed by atoms with Gasteiger partial charge in [0.2, 0.25) is 0 Å². The van der Waals surface area contributed by atoms with Crippen molar-refractivity contribution < 1.29 is 0 Å². The zero-order chi connectivity index (χ0) is 12.1. The van der Waals surface area contributed by atoms with E-state index in [1.165, 1.54) is 17.7 Å². The molecule has 0 atom stereocenters. The molecule has 0 saturated carbocycles. The van der Waals surface area contributed by atoms with Crippen molar-refractivity contribution in [1.29, 1.82) is 0 Å². The fraction of sp³-hybridized carbons (Fsp3) is 0.667. The highest BCUT2D eigenvalue weighted by Crippen LogP contribution is 2.30. The van der Waals surface area contributed by atoms with Crippen LogP contribution in [0.5, 0.6) is 0 Å². The molecular weight excluding hydrogens is 194 g/mol. The van der Waals surface area contributed by atoms with Gasteiger partial charge in [0.25, 0.3) is 0 Å². The lowest BCUT2D eigenvalue weighted by atomic mass is 9.82. The molecule has 90 valence electrons.